The number of anilines is 1. The van der Waals surface area contributed by atoms with E-state index in [9.17, 15) is 9.59 Å². The van der Waals surface area contributed by atoms with E-state index in [1.54, 1.807) is 53.2 Å². The fourth-order valence-corrected chi connectivity index (χ4v) is 4.51. The zero-order valence-electron chi connectivity index (χ0n) is 17.3. The Morgan fingerprint density at radius 2 is 1.66 bits per heavy atom. The van der Waals surface area contributed by atoms with Gasteiger partial charge < -0.3 is 5.32 Å². The van der Waals surface area contributed by atoms with E-state index in [1.165, 1.54) is 0 Å². The molecule has 6 heteroatoms. The Morgan fingerprint density at radius 1 is 0.906 bits per heavy atom. The molecule has 0 atom stereocenters. The first-order valence-electron chi connectivity index (χ1n) is 10.1. The number of aromatic nitrogens is 2. The Kier molecular flexibility index (Phi) is 5.13. The number of nitrogens with one attached hydrogen (secondary N) is 1. The van der Waals surface area contributed by atoms with Crippen molar-refractivity contribution >= 4 is 33.8 Å². The molecule has 0 saturated heterocycles. The molecule has 2 aromatic heterocycles. The number of aryl methyl sites for hydroxylation is 1. The summed E-state index contributed by atoms with van der Waals surface area (Å²) >= 11 is 1.63. The average molecular weight is 438 g/mol. The highest BCUT2D eigenvalue weighted by atomic mass is 32.1. The molecule has 0 aliphatic carbocycles. The number of amides is 1. The van der Waals surface area contributed by atoms with E-state index >= 15 is 0 Å². The lowest BCUT2D eigenvalue weighted by Crippen LogP contribution is -2.22. The number of carbonyl (C=O) groups excluding carboxylic acids is 1. The van der Waals surface area contributed by atoms with Gasteiger partial charge in [0.05, 0.1) is 16.6 Å². The molecule has 5 aromatic rings. The summed E-state index contributed by atoms with van der Waals surface area (Å²) in [5, 5.41) is 5.58. The molecule has 3 aromatic carbocycles. The maximum Gasteiger partial charge on any atom is 0.265 e. The van der Waals surface area contributed by atoms with Crippen LogP contribution in [0.3, 0.4) is 0 Å². The van der Waals surface area contributed by atoms with Crippen molar-refractivity contribution < 1.29 is 4.79 Å². The summed E-state index contributed by atoms with van der Waals surface area (Å²) in [4.78, 5) is 31.5. The SMILES string of the molecule is Cc1nc2ccccc2c(=O)n1-c1ccc(C(=O)Nc2ccccc2-c2cccs2)cc1. The molecule has 1 amide bonds. The standard InChI is InChI=1S/C26H19N3O2S/c1-17-27-23-10-5-3-8-21(23)26(31)29(17)19-14-12-18(13-15-19)25(30)28-22-9-4-2-7-20(22)24-11-6-16-32-24/h2-16H,1H3,(H,28,30). The largest absolute Gasteiger partial charge is 0.321 e. The maximum absolute atomic E-state index is 13.0. The Balaban J connectivity index is 1.45. The number of hydrogen-bond acceptors (Lipinski definition) is 4. The summed E-state index contributed by atoms with van der Waals surface area (Å²) in [6, 6.07) is 26.0. The van der Waals surface area contributed by atoms with Gasteiger partial charge in [0.25, 0.3) is 11.5 Å². The van der Waals surface area contributed by atoms with Gasteiger partial charge in [-0.1, -0.05) is 36.4 Å². The molecule has 0 spiro atoms. The summed E-state index contributed by atoms with van der Waals surface area (Å²) in [5.74, 6) is 0.386. The Bertz CT molecular complexity index is 1490. The molecule has 0 bridgehead atoms. The first-order valence-corrected chi connectivity index (χ1v) is 11.0. The first-order chi connectivity index (χ1) is 15.6. The van der Waals surface area contributed by atoms with Crippen LogP contribution in [0.1, 0.15) is 16.2 Å². The molecule has 0 radical (unpaired) electrons. The van der Waals surface area contributed by atoms with Gasteiger partial charge in [0, 0.05) is 21.7 Å². The van der Waals surface area contributed by atoms with Crippen LogP contribution in [-0.2, 0) is 0 Å². The second kappa shape index (κ2) is 8.24. The van der Waals surface area contributed by atoms with E-state index < -0.39 is 0 Å². The monoisotopic (exact) mass is 437 g/mol. The molecule has 156 valence electrons. The lowest BCUT2D eigenvalue weighted by Gasteiger charge is -2.12. The Labute approximate surface area is 188 Å². The molecule has 0 unspecified atom stereocenters. The number of rotatable bonds is 4. The first kappa shape index (κ1) is 19.9. The number of nitrogens with zero attached hydrogens (tertiary/aromatic N) is 2. The van der Waals surface area contributed by atoms with Gasteiger partial charge in [-0.25, -0.2) is 4.98 Å². The molecule has 0 saturated carbocycles. The van der Waals surface area contributed by atoms with Crippen LogP contribution in [0.4, 0.5) is 5.69 Å². The third-order valence-electron chi connectivity index (χ3n) is 5.29. The molecular weight excluding hydrogens is 418 g/mol. The van der Waals surface area contributed by atoms with Gasteiger partial charge in [-0.2, -0.15) is 0 Å². The van der Waals surface area contributed by atoms with Crippen LogP contribution in [0, 0.1) is 6.92 Å². The van der Waals surface area contributed by atoms with Crippen LogP contribution >= 0.6 is 11.3 Å². The molecule has 5 rings (SSSR count). The van der Waals surface area contributed by atoms with E-state index in [1.807, 2.05) is 60.0 Å². The van der Waals surface area contributed by atoms with Crippen molar-refractivity contribution in [3.63, 3.8) is 0 Å². The van der Waals surface area contributed by atoms with Crippen LogP contribution in [0.15, 0.2) is 95.1 Å². The Hall–Kier alpha value is -4.03. The van der Waals surface area contributed by atoms with Crippen molar-refractivity contribution in [1.82, 2.24) is 9.55 Å². The number of hydrogen-bond donors (Lipinski definition) is 1. The second-order valence-electron chi connectivity index (χ2n) is 7.34. The highest BCUT2D eigenvalue weighted by molar-refractivity contribution is 7.13. The van der Waals surface area contributed by atoms with Crippen LogP contribution in [0.5, 0.6) is 0 Å². The van der Waals surface area contributed by atoms with Crippen LogP contribution in [0.25, 0.3) is 27.0 Å². The molecular formula is C26H19N3O2S. The number of benzene rings is 3. The molecule has 0 aliphatic heterocycles. The van der Waals surface area contributed by atoms with Gasteiger partial charge in [-0.3, -0.25) is 14.2 Å². The summed E-state index contributed by atoms with van der Waals surface area (Å²) in [7, 11) is 0. The zero-order chi connectivity index (χ0) is 22.1. The number of para-hydroxylation sites is 2. The molecule has 0 aliphatic rings. The van der Waals surface area contributed by atoms with Crippen molar-refractivity contribution in [2.24, 2.45) is 0 Å². The van der Waals surface area contributed by atoms with Gasteiger partial charge >= 0.3 is 0 Å². The molecule has 5 nitrogen and oxygen atoms in total. The second-order valence-corrected chi connectivity index (χ2v) is 8.29. The topological polar surface area (TPSA) is 64.0 Å². The number of carbonyl (C=O) groups is 1. The van der Waals surface area contributed by atoms with Crippen LogP contribution < -0.4 is 10.9 Å². The lowest BCUT2D eigenvalue weighted by molar-refractivity contribution is 0.102. The molecule has 2 heterocycles. The van der Waals surface area contributed by atoms with E-state index in [2.05, 4.69) is 10.3 Å². The average Bonchev–Trinajstić information content (AvgIpc) is 3.35. The lowest BCUT2D eigenvalue weighted by atomic mass is 10.1. The summed E-state index contributed by atoms with van der Waals surface area (Å²) in [6.45, 7) is 1.80. The normalized spacial score (nSPS) is 10.9. The van der Waals surface area contributed by atoms with Gasteiger partial charge in [-0.15, -0.1) is 11.3 Å². The number of fused-ring (bicyclic) bond motifs is 1. The molecule has 32 heavy (non-hydrogen) atoms. The Morgan fingerprint density at radius 3 is 2.44 bits per heavy atom. The van der Waals surface area contributed by atoms with Crippen molar-refractivity contribution in [2.75, 3.05) is 5.32 Å². The van der Waals surface area contributed by atoms with Crippen molar-refractivity contribution in [2.45, 2.75) is 6.92 Å². The fraction of sp³-hybridized carbons (Fsp3) is 0.0385. The van der Waals surface area contributed by atoms with E-state index in [-0.39, 0.29) is 11.5 Å². The quantitative estimate of drug-likeness (QED) is 0.394. The minimum Gasteiger partial charge on any atom is -0.321 e. The van der Waals surface area contributed by atoms with E-state index in [0.29, 0.717) is 28.0 Å². The highest BCUT2D eigenvalue weighted by Gasteiger charge is 2.13. The third kappa shape index (κ3) is 3.61. The summed E-state index contributed by atoms with van der Waals surface area (Å²) in [6.07, 6.45) is 0. The smallest absolute Gasteiger partial charge is 0.265 e. The van der Waals surface area contributed by atoms with E-state index in [0.717, 1.165) is 16.1 Å². The summed E-state index contributed by atoms with van der Waals surface area (Å²) in [5.41, 5.74) is 3.46. The van der Waals surface area contributed by atoms with Crippen molar-refractivity contribution in [1.29, 1.82) is 0 Å². The van der Waals surface area contributed by atoms with Crippen molar-refractivity contribution in [3.05, 3.63) is 112 Å². The van der Waals surface area contributed by atoms with Gasteiger partial charge in [0.2, 0.25) is 0 Å². The van der Waals surface area contributed by atoms with Crippen LogP contribution in [0.2, 0.25) is 0 Å². The molecule has 0 fully saturated rings. The number of thiophene rings is 1. The van der Waals surface area contributed by atoms with Crippen molar-refractivity contribution in [3.8, 4) is 16.1 Å². The van der Waals surface area contributed by atoms with Gasteiger partial charge in [0.15, 0.2) is 0 Å². The van der Waals surface area contributed by atoms with Gasteiger partial charge in [-0.05, 0) is 60.8 Å². The highest BCUT2D eigenvalue weighted by Crippen LogP contribution is 2.31. The predicted octanol–water partition coefficient (Wildman–Crippen LogP) is 5.67. The van der Waals surface area contributed by atoms with E-state index in [4.69, 9.17) is 0 Å². The predicted molar refractivity (Wildman–Crippen MR) is 130 cm³/mol. The molecule has 1 N–H and O–H groups in total. The fourth-order valence-electron chi connectivity index (χ4n) is 3.74. The minimum absolute atomic E-state index is 0.129. The zero-order valence-corrected chi connectivity index (χ0v) is 18.1. The van der Waals surface area contributed by atoms with Gasteiger partial charge in [0.1, 0.15) is 5.82 Å². The minimum atomic E-state index is -0.207. The summed E-state index contributed by atoms with van der Waals surface area (Å²) < 4.78 is 1.57. The maximum atomic E-state index is 13.0. The van der Waals surface area contributed by atoms with Crippen LogP contribution in [-0.4, -0.2) is 15.5 Å². The third-order valence-corrected chi connectivity index (χ3v) is 6.20.